The molecule has 0 aliphatic carbocycles. The molecule has 6 unspecified atom stereocenters. The van der Waals surface area contributed by atoms with Gasteiger partial charge in [0.25, 0.3) is 11.8 Å². The van der Waals surface area contributed by atoms with Crippen molar-refractivity contribution in [2.45, 2.75) is 155 Å². The number of carbonyl (C=O) groups is 19. The normalized spacial score (nSPS) is 17.3. The number of carbonyl (C=O) groups excluding carboxylic acids is 15. The van der Waals surface area contributed by atoms with Crippen LogP contribution in [0.15, 0.2) is 214 Å². The number of aliphatic carboxylic acids is 6. The zero-order chi connectivity index (χ0) is 112. The lowest BCUT2D eigenvalue weighted by Crippen LogP contribution is -2.56. The molecule has 6 aliphatic rings. The lowest BCUT2D eigenvalue weighted by Gasteiger charge is -2.31. The third-order valence-corrected chi connectivity index (χ3v) is 20.8. The van der Waals surface area contributed by atoms with Gasteiger partial charge in [-0.1, -0.05) is 60.0 Å². The van der Waals surface area contributed by atoms with Gasteiger partial charge in [0, 0.05) is 5.92 Å². The van der Waals surface area contributed by atoms with Crippen LogP contribution in [-0.2, 0) is 181 Å². The number of hydrogen-bond donors (Lipinski definition) is 18. The highest BCUT2D eigenvalue weighted by atomic mass is 16.6. The van der Waals surface area contributed by atoms with E-state index in [0.717, 1.165) is 54.2 Å². The molecule has 6 aliphatic heterocycles. The fourth-order valence-electron chi connectivity index (χ4n) is 13.9. The van der Waals surface area contributed by atoms with E-state index in [2.05, 4.69) is 67.5 Å². The zero-order valence-electron chi connectivity index (χ0n) is 80.9. The number of benzene rings is 1. The van der Waals surface area contributed by atoms with Gasteiger partial charge in [-0.2, -0.15) is 9.59 Å². The number of furan rings is 5. The molecule has 0 saturated carbocycles. The van der Waals surface area contributed by atoms with Crippen molar-refractivity contribution in [1.29, 1.82) is 0 Å². The van der Waals surface area contributed by atoms with Crippen molar-refractivity contribution < 1.29 is 221 Å². The highest BCUT2D eigenvalue weighted by Gasteiger charge is 2.59. The molecular formula is C95H108N8O46. The Kier molecular flexibility index (Phi) is 49.1. The predicted octanol–water partition coefficient (Wildman–Crippen LogP) is -1.30. The number of aryl methyl sites for hydroxylation is 1. The Morgan fingerprint density at radius 3 is 0.826 bits per heavy atom. The highest BCUT2D eigenvalue weighted by Crippen LogP contribution is 2.47. The maximum absolute atomic E-state index is 14.1. The van der Waals surface area contributed by atoms with E-state index in [0.29, 0.717) is 30.4 Å². The fourth-order valence-corrected chi connectivity index (χ4v) is 13.9. The van der Waals surface area contributed by atoms with Gasteiger partial charge in [-0.3, -0.25) is 47.9 Å². The Hall–Kier alpha value is -17.4. The molecule has 5 aromatic heterocycles. The fraction of sp³-hybridized carbons (Fsp3) is 0.368. The highest BCUT2D eigenvalue weighted by molar-refractivity contribution is 6.08. The quantitative estimate of drug-likeness (QED) is 0.00699. The molecule has 0 saturated heterocycles. The molecule has 804 valence electrons. The number of methoxy groups -OCH3 is 7. The molecule has 54 nitrogen and oxygen atoms in total. The third kappa shape index (κ3) is 36.7. The maximum Gasteiger partial charge on any atom is 0.384 e. The number of nitrogens with two attached hydrogens (primary N) is 2. The van der Waals surface area contributed by atoms with Gasteiger partial charge in [-0.15, -0.1) is 0 Å². The summed E-state index contributed by atoms with van der Waals surface area (Å²) in [6.45, 7) is 3.13. The largest absolute Gasteiger partial charge is 0.481 e. The van der Waals surface area contributed by atoms with Crippen LogP contribution < -0.4 is 43.4 Å². The molecule has 0 fully saturated rings. The standard InChI is InChI=1S/C39H41N3O19.C21H23N3O7.C7H8.2C6H8O7.2C5H7NO.C5H6O2.CO2/c1-53-29(45)23-18-7-10-37(59-18,26(23)32(48)56-4)15-40-21(43)13-36(52,35(51)42-17-39-12-9-20(61-39)25(31(47)55-3)28(39)34(50)58-6)14-22(44)41-16-38-11-8-19(60-38)24(30(46)54-2)27(38)33(49)57-5;25-18(22-12-15-4-1-7-29-15)10-21(28,20(27)24-14-17-6-3-9-31-17)11-19(26)23-13-16-5-2-8-30-16;1-7-5-3-2-4-6-7;2*7-3(8)1-6(13,5(11)12)2-4(9)10;2*6-4-5-2-1-3-7-5;1-3-4-5(6)7-2;2-1-3/h7-12,18-20,52H,13-17H2,1-6H3,(H,40,43)(H,41,44)(H,42,51);1-9,28H,10-14H2,(H,22,25)(H,23,26)(H,24,27);2-6H,1H3;2*13H,1-2H2,(H,7,8)(H,9,10)(H,11,12);2*1-3H,4,6H2;1-2H3;. The Morgan fingerprint density at radius 2 is 0.611 bits per heavy atom. The number of rotatable bonds is 40. The van der Waals surface area contributed by atoms with Crippen LogP contribution in [0.5, 0.6) is 0 Å². The second-order valence-corrected chi connectivity index (χ2v) is 31.3. The summed E-state index contributed by atoms with van der Waals surface area (Å²) in [4.78, 5) is 243. The molecule has 54 heteroatoms. The summed E-state index contributed by atoms with van der Waals surface area (Å²) in [6, 6.07) is 27.6. The molecule has 6 atom stereocenters. The van der Waals surface area contributed by atoms with E-state index >= 15 is 0 Å². The summed E-state index contributed by atoms with van der Waals surface area (Å²) in [5.74, 6) is -14.0. The minimum Gasteiger partial charge on any atom is -0.481 e. The molecule has 20 N–H and O–H groups in total. The van der Waals surface area contributed by atoms with E-state index in [1.807, 2.05) is 42.5 Å². The Morgan fingerprint density at radius 1 is 0.349 bits per heavy atom. The smallest absolute Gasteiger partial charge is 0.384 e. The monoisotopic (exact) mass is 2100 g/mol. The van der Waals surface area contributed by atoms with Crippen molar-refractivity contribution in [2.75, 3.05) is 69.4 Å². The summed E-state index contributed by atoms with van der Waals surface area (Å²) in [5.41, 5.74) is -5.53. The van der Waals surface area contributed by atoms with Crippen LogP contribution in [0.3, 0.4) is 0 Å². The van der Waals surface area contributed by atoms with Gasteiger partial charge in [-0.05, 0) is 92.7 Å². The number of esters is 7. The molecule has 0 spiro atoms. The van der Waals surface area contributed by atoms with E-state index in [4.69, 9.17) is 127 Å². The van der Waals surface area contributed by atoms with Crippen LogP contribution in [0.4, 0.5) is 0 Å². The van der Waals surface area contributed by atoms with E-state index in [1.54, 1.807) is 55.8 Å². The van der Waals surface area contributed by atoms with Gasteiger partial charge < -0.3 is 164 Å². The Bertz CT molecular complexity index is 5700. The number of carboxylic acid groups (broad SMARTS) is 6. The van der Waals surface area contributed by atoms with Gasteiger partial charge in [0.05, 0.1) is 218 Å². The molecule has 0 radical (unpaired) electrons. The Balaban J connectivity index is 0.000000429. The number of ether oxygens (including phenoxy) is 10. The minimum atomic E-state index is -2.91. The molecular weight excluding hydrogens is 1990 g/mol. The lowest BCUT2D eigenvalue weighted by atomic mass is 9.85. The summed E-state index contributed by atoms with van der Waals surface area (Å²) in [7, 11) is 7.76. The minimum absolute atomic E-state index is 0.00380. The first-order valence-corrected chi connectivity index (χ1v) is 43.2. The molecule has 11 heterocycles. The van der Waals surface area contributed by atoms with Crippen molar-refractivity contribution in [3.8, 4) is 11.8 Å². The molecule has 12 rings (SSSR count). The van der Waals surface area contributed by atoms with Gasteiger partial charge in [0.15, 0.2) is 22.4 Å². The second-order valence-electron chi connectivity index (χ2n) is 31.3. The topological polar surface area (TPSA) is 843 Å². The average Bonchev–Trinajstić information content (AvgIpc) is 1.58. The van der Waals surface area contributed by atoms with Crippen LogP contribution in [0.25, 0.3) is 0 Å². The summed E-state index contributed by atoms with van der Waals surface area (Å²) in [5, 5.41) is 106. The number of hydrogen-bond acceptors (Lipinski definition) is 42. The van der Waals surface area contributed by atoms with E-state index in [9.17, 15) is 101 Å². The van der Waals surface area contributed by atoms with Crippen molar-refractivity contribution in [2.24, 2.45) is 11.5 Å². The van der Waals surface area contributed by atoms with Gasteiger partial charge in [-0.25, -0.2) is 43.2 Å². The van der Waals surface area contributed by atoms with Crippen molar-refractivity contribution in [3.05, 3.63) is 227 Å². The second kappa shape index (κ2) is 59.1. The van der Waals surface area contributed by atoms with E-state index in [1.165, 1.54) is 67.9 Å². The number of fused-ring (bicyclic) bond motifs is 6. The first kappa shape index (κ1) is 124. The van der Waals surface area contributed by atoms with E-state index < -0.39 is 242 Å². The number of aliphatic hydroxyl groups is 4. The number of amides is 6. The zero-order valence-corrected chi connectivity index (χ0v) is 80.9. The molecule has 6 bridgehead atoms. The van der Waals surface area contributed by atoms with Gasteiger partial charge >= 0.3 is 83.8 Å². The molecule has 6 aromatic rings. The molecule has 1 aromatic carbocycles. The first-order valence-electron chi connectivity index (χ1n) is 43.2. The summed E-state index contributed by atoms with van der Waals surface area (Å²) >= 11 is 0. The average molecular weight is 2100 g/mol. The van der Waals surface area contributed by atoms with Crippen LogP contribution in [0, 0.1) is 18.8 Å². The van der Waals surface area contributed by atoms with Crippen molar-refractivity contribution in [3.63, 3.8) is 0 Å². The van der Waals surface area contributed by atoms with Crippen molar-refractivity contribution >= 4 is 119 Å². The van der Waals surface area contributed by atoms with Crippen molar-refractivity contribution in [1.82, 2.24) is 31.9 Å². The predicted molar refractivity (Wildman–Crippen MR) is 492 cm³/mol. The van der Waals surface area contributed by atoms with Crippen LogP contribution in [0.2, 0.25) is 0 Å². The summed E-state index contributed by atoms with van der Waals surface area (Å²) < 4.78 is 76.1. The SMILES string of the molecule is CC#CC(=O)OC.COC(=O)C1=C(C(=O)OC)C2(CNC(=O)CC(O)(CC(=O)NCC34C=CC(O3)C(C(=O)OC)=C4C(=O)OC)C(=O)NCC34C=CC(O3)C(C(=O)OC)=C4C(=O)OC)C=CC1O2.Cc1ccccc1.NCc1ccco1.NCc1ccco1.O=C(CC(O)(CC(=O)NCc1ccco1)C(=O)NCc1ccco1)NCc1ccco1.O=C(O)CC(O)(CC(=O)O)C(=O)O.O=C(O)CC(O)(CC(=O)O)C(=O)O.O=C=O. The number of nitrogens with one attached hydrogen (secondary N) is 6. The molecule has 149 heavy (non-hydrogen) atoms. The first-order chi connectivity index (χ1) is 70.4. The van der Waals surface area contributed by atoms with Crippen LogP contribution in [-0.4, -0.2) is 297 Å². The van der Waals surface area contributed by atoms with Gasteiger partial charge in [0.1, 0.15) is 63.9 Å². The summed E-state index contributed by atoms with van der Waals surface area (Å²) in [6.07, 6.45) is 5.21. The number of carboxylic acids is 6. The van der Waals surface area contributed by atoms with Crippen LogP contribution in [0.1, 0.15) is 92.7 Å². The Labute approximate surface area is 843 Å². The van der Waals surface area contributed by atoms with Gasteiger partial charge in [0.2, 0.25) is 23.6 Å². The van der Waals surface area contributed by atoms with E-state index in [-0.39, 0.29) is 59.2 Å². The lowest BCUT2D eigenvalue weighted by molar-refractivity contribution is -0.192. The molecule has 6 amide bonds. The van der Waals surface area contributed by atoms with Crippen LogP contribution >= 0.6 is 0 Å². The maximum atomic E-state index is 14.1. The third-order valence-electron chi connectivity index (χ3n) is 20.8.